The van der Waals surface area contributed by atoms with Crippen molar-refractivity contribution in [3.05, 3.63) is 65.6 Å². The third kappa shape index (κ3) is 5.81. The number of nitrogens with zero attached hydrogens (tertiary/aromatic N) is 7. The van der Waals surface area contributed by atoms with Gasteiger partial charge in [-0.15, -0.1) is 0 Å². The van der Waals surface area contributed by atoms with Crippen LogP contribution < -0.4 is 9.64 Å². The molecule has 0 aliphatic carbocycles. The van der Waals surface area contributed by atoms with Crippen LogP contribution in [0.15, 0.2) is 54.7 Å². The van der Waals surface area contributed by atoms with Gasteiger partial charge in [-0.2, -0.15) is 15.2 Å². The summed E-state index contributed by atoms with van der Waals surface area (Å²) in [5.41, 5.74) is 0.201. The molecule has 9 nitrogen and oxygen atoms in total. The summed E-state index contributed by atoms with van der Waals surface area (Å²) >= 11 is 6.61. The van der Waals surface area contributed by atoms with Gasteiger partial charge < -0.3 is 14.5 Å². The fourth-order valence-electron chi connectivity index (χ4n) is 7.59. The number of halogens is 3. The van der Waals surface area contributed by atoms with Crippen LogP contribution in [0.5, 0.6) is 6.01 Å². The van der Waals surface area contributed by atoms with Gasteiger partial charge in [0, 0.05) is 54.8 Å². The molecule has 0 radical (unpaired) electrons. The highest BCUT2D eigenvalue weighted by Crippen LogP contribution is 2.41. The molecule has 0 unspecified atom stereocenters. The number of fused-ring (bicyclic) bond motifs is 3. The van der Waals surface area contributed by atoms with Crippen molar-refractivity contribution in [1.29, 1.82) is 5.26 Å². The fourth-order valence-corrected chi connectivity index (χ4v) is 7.87. The second-order valence-electron chi connectivity index (χ2n) is 12.8. The lowest BCUT2D eigenvalue weighted by Crippen LogP contribution is -2.55. The van der Waals surface area contributed by atoms with E-state index in [4.69, 9.17) is 21.3 Å². The van der Waals surface area contributed by atoms with Crippen molar-refractivity contribution in [3.8, 4) is 23.3 Å². The van der Waals surface area contributed by atoms with Crippen LogP contribution in [0.25, 0.3) is 32.9 Å². The van der Waals surface area contributed by atoms with Gasteiger partial charge in [-0.3, -0.25) is 14.7 Å². The van der Waals surface area contributed by atoms with E-state index in [2.05, 4.69) is 20.9 Å². The minimum Gasteiger partial charge on any atom is -0.461 e. The number of hydrogen-bond acceptors (Lipinski definition) is 8. The lowest BCUT2D eigenvalue weighted by atomic mass is 9.95. The summed E-state index contributed by atoms with van der Waals surface area (Å²) in [5.74, 6) is -0.396. The summed E-state index contributed by atoms with van der Waals surface area (Å²) < 4.78 is 37.6. The number of aromatic nitrogens is 3. The SMILES string of the molecule is CC/C=C/C(=O)N1CCN(c2nc(OC[C@@]34CCCN3C[C@H](F)C4)nc3c(F)c(-c4cccc5cccc(Cl)c45)ncc23)C[C@@H]1CC#N. The Morgan fingerprint density at radius 2 is 2.02 bits per heavy atom. The molecule has 3 aliphatic heterocycles. The zero-order valence-corrected chi connectivity index (χ0v) is 27.5. The Labute approximate surface area is 282 Å². The number of benzene rings is 2. The van der Waals surface area contributed by atoms with Crippen LogP contribution in [-0.4, -0.2) is 87.7 Å². The van der Waals surface area contributed by atoms with Gasteiger partial charge in [0.1, 0.15) is 29.8 Å². The van der Waals surface area contributed by atoms with E-state index in [-0.39, 0.29) is 36.2 Å². The number of carbonyl (C=O) groups is 1. The maximum absolute atomic E-state index is 16.8. The standard InChI is InChI=1S/C36H36ClF2N7O2/c1-2-3-11-29(47)46-17-16-44(21-25(46)12-14-40)34-27-19-41-32(26-9-4-7-23-8-5-10-28(37)30(23)26)31(39)33(27)42-35(43-34)48-22-36-13-6-15-45(36)20-24(38)18-36/h3-5,7-11,19,24-25H,2,6,12-13,15-18,20-22H2,1H3/b11-3+/t24-,25+,36+/m1/s1. The van der Waals surface area contributed by atoms with Crippen molar-refractivity contribution >= 4 is 45.0 Å². The van der Waals surface area contributed by atoms with Crippen molar-refractivity contribution in [2.24, 2.45) is 0 Å². The number of pyridine rings is 1. The second-order valence-corrected chi connectivity index (χ2v) is 13.2. The average Bonchev–Trinajstić information content (AvgIpc) is 3.62. The molecular weight excluding hydrogens is 636 g/mol. The summed E-state index contributed by atoms with van der Waals surface area (Å²) in [6, 6.07) is 12.8. The van der Waals surface area contributed by atoms with Crippen molar-refractivity contribution in [2.45, 2.75) is 56.8 Å². The monoisotopic (exact) mass is 671 g/mol. The zero-order valence-electron chi connectivity index (χ0n) is 26.7. The minimum absolute atomic E-state index is 0.0192. The van der Waals surface area contributed by atoms with E-state index < -0.39 is 23.6 Å². The molecule has 0 saturated carbocycles. The van der Waals surface area contributed by atoms with E-state index in [0.717, 1.165) is 31.2 Å². The van der Waals surface area contributed by atoms with E-state index in [0.29, 0.717) is 59.8 Å². The number of allylic oxidation sites excluding steroid dienone is 1. The smallest absolute Gasteiger partial charge is 0.319 e. The van der Waals surface area contributed by atoms with E-state index in [1.807, 2.05) is 36.1 Å². The molecule has 48 heavy (non-hydrogen) atoms. The van der Waals surface area contributed by atoms with Gasteiger partial charge >= 0.3 is 6.01 Å². The summed E-state index contributed by atoms with van der Waals surface area (Å²) in [6.45, 7) is 4.35. The minimum atomic E-state index is -0.927. The number of piperazine rings is 1. The molecule has 0 N–H and O–H groups in total. The first kappa shape index (κ1) is 32.2. The van der Waals surface area contributed by atoms with Gasteiger partial charge in [0.25, 0.3) is 0 Å². The number of anilines is 1. The molecule has 3 aliphatic rings. The normalized spacial score (nSPS) is 22.9. The topological polar surface area (TPSA) is 98.5 Å². The number of amides is 1. The first-order chi connectivity index (χ1) is 23.3. The molecule has 2 aromatic carbocycles. The zero-order chi connectivity index (χ0) is 33.4. The van der Waals surface area contributed by atoms with E-state index >= 15 is 4.39 Å². The van der Waals surface area contributed by atoms with Crippen LogP contribution in [0.3, 0.4) is 0 Å². The quantitative estimate of drug-likeness (QED) is 0.196. The van der Waals surface area contributed by atoms with Gasteiger partial charge in [0.2, 0.25) is 5.91 Å². The van der Waals surface area contributed by atoms with E-state index in [9.17, 15) is 14.4 Å². The molecule has 3 atom stereocenters. The maximum Gasteiger partial charge on any atom is 0.319 e. The number of ether oxygens (including phenoxy) is 1. The van der Waals surface area contributed by atoms with Gasteiger partial charge in [0.05, 0.1) is 29.5 Å². The number of alkyl halides is 1. The number of hydrogen-bond donors (Lipinski definition) is 0. The molecule has 7 rings (SSSR count). The summed E-state index contributed by atoms with van der Waals surface area (Å²) in [6.07, 6.45) is 6.95. The number of carbonyl (C=O) groups excluding carboxylic acids is 1. The summed E-state index contributed by atoms with van der Waals surface area (Å²) in [4.78, 5) is 32.7. The maximum atomic E-state index is 16.8. The van der Waals surface area contributed by atoms with Gasteiger partial charge in [-0.25, -0.2) is 8.78 Å². The molecule has 248 valence electrons. The molecule has 0 bridgehead atoms. The molecule has 12 heteroatoms. The van der Waals surface area contributed by atoms with Crippen molar-refractivity contribution < 1.29 is 18.3 Å². The largest absolute Gasteiger partial charge is 0.461 e. The Morgan fingerprint density at radius 3 is 2.83 bits per heavy atom. The molecule has 1 amide bonds. The van der Waals surface area contributed by atoms with Crippen LogP contribution in [0.4, 0.5) is 14.6 Å². The van der Waals surface area contributed by atoms with Gasteiger partial charge in [0.15, 0.2) is 5.82 Å². The molecule has 5 heterocycles. The van der Waals surface area contributed by atoms with Gasteiger partial charge in [-0.05, 0) is 43.3 Å². The first-order valence-electron chi connectivity index (χ1n) is 16.5. The first-order valence-corrected chi connectivity index (χ1v) is 16.8. The van der Waals surface area contributed by atoms with E-state index in [1.165, 1.54) is 0 Å². The fraction of sp³-hybridized carbons (Fsp3) is 0.417. The van der Waals surface area contributed by atoms with Crippen molar-refractivity contribution in [3.63, 3.8) is 0 Å². The Bertz CT molecular complexity index is 1950. The predicted molar refractivity (Wildman–Crippen MR) is 181 cm³/mol. The highest BCUT2D eigenvalue weighted by atomic mass is 35.5. The third-order valence-electron chi connectivity index (χ3n) is 9.87. The Morgan fingerprint density at radius 1 is 1.19 bits per heavy atom. The average molecular weight is 672 g/mol. The second kappa shape index (κ2) is 13.2. The van der Waals surface area contributed by atoms with Crippen LogP contribution in [0, 0.1) is 17.1 Å². The molecule has 0 spiro atoms. The van der Waals surface area contributed by atoms with Crippen molar-refractivity contribution in [2.75, 3.05) is 44.2 Å². The van der Waals surface area contributed by atoms with Crippen molar-refractivity contribution in [1.82, 2.24) is 24.8 Å². The Balaban J connectivity index is 1.31. The summed E-state index contributed by atoms with van der Waals surface area (Å²) in [7, 11) is 0. The lowest BCUT2D eigenvalue weighted by molar-refractivity contribution is -0.128. The van der Waals surface area contributed by atoms with Crippen LogP contribution >= 0.6 is 11.6 Å². The van der Waals surface area contributed by atoms with Crippen LogP contribution in [0.1, 0.15) is 39.0 Å². The third-order valence-corrected chi connectivity index (χ3v) is 10.2. The summed E-state index contributed by atoms with van der Waals surface area (Å²) in [5, 5.41) is 12.0. The van der Waals surface area contributed by atoms with Crippen LogP contribution in [0.2, 0.25) is 5.02 Å². The molecule has 3 fully saturated rings. The predicted octanol–water partition coefficient (Wildman–Crippen LogP) is 6.49. The molecular formula is C36H36ClF2N7O2. The Hall–Kier alpha value is -4.40. The lowest BCUT2D eigenvalue weighted by Gasteiger charge is -2.41. The molecule has 3 saturated heterocycles. The molecule has 4 aromatic rings. The molecule has 2 aromatic heterocycles. The Kier molecular flexibility index (Phi) is 8.88. The van der Waals surface area contributed by atoms with Crippen LogP contribution in [-0.2, 0) is 4.79 Å². The highest BCUT2D eigenvalue weighted by Gasteiger charge is 2.49. The van der Waals surface area contributed by atoms with E-state index in [1.54, 1.807) is 35.4 Å². The number of rotatable bonds is 8. The number of nitriles is 1. The highest BCUT2D eigenvalue weighted by molar-refractivity contribution is 6.36. The van der Waals surface area contributed by atoms with Gasteiger partial charge in [-0.1, -0.05) is 54.9 Å².